The van der Waals surface area contributed by atoms with Gasteiger partial charge in [0, 0.05) is 6.26 Å². The van der Waals surface area contributed by atoms with Gasteiger partial charge in [0.15, 0.2) is 9.84 Å². The standard InChI is InChI=1S/C20H23F3N2O5S2/c1-13(15-8-10-18(11-9-15)31(3,27)28)24-19(26)14(2)25(32(4,29)30)17-7-5-6-16(12-17)20(21,22)23/h5-14H,1-4H3,(H,24,26)/t13-,14-/m1/s1. The molecule has 7 nitrogen and oxygen atoms in total. The van der Waals surface area contributed by atoms with Crippen LogP contribution in [0.3, 0.4) is 0 Å². The summed E-state index contributed by atoms with van der Waals surface area (Å²) in [7, 11) is -7.50. The highest BCUT2D eigenvalue weighted by atomic mass is 32.2. The van der Waals surface area contributed by atoms with Crippen molar-refractivity contribution >= 4 is 31.5 Å². The van der Waals surface area contributed by atoms with Gasteiger partial charge in [0.05, 0.1) is 28.4 Å². The van der Waals surface area contributed by atoms with Crippen molar-refractivity contribution in [3.63, 3.8) is 0 Å². The third kappa shape index (κ3) is 6.22. The largest absolute Gasteiger partial charge is 0.416 e. The summed E-state index contributed by atoms with van der Waals surface area (Å²) < 4.78 is 87.6. The minimum atomic E-state index is -4.68. The lowest BCUT2D eigenvalue weighted by atomic mass is 10.1. The van der Waals surface area contributed by atoms with Gasteiger partial charge in [0.2, 0.25) is 15.9 Å². The van der Waals surface area contributed by atoms with Gasteiger partial charge in [-0.2, -0.15) is 13.2 Å². The highest BCUT2D eigenvalue weighted by Crippen LogP contribution is 2.33. The number of sulfonamides is 1. The zero-order valence-corrected chi connectivity index (χ0v) is 19.3. The first-order chi connectivity index (χ1) is 14.5. The molecule has 0 aliphatic heterocycles. The van der Waals surface area contributed by atoms with E-state index < -0.39 is 49.6 Å². The van der Waals surface area contributed by atoms with Crippen molar-refractivity contribution in [1.82, 2.24) is 5.32 Å². The summed E-state index contributed by atoms with van der Waals surface area (Å²) in [6, 6.07) is 7.49. The van der Waals surface area contributed by atoms with E-state index in [0.717, 1.165) is 24.6 Å². The molecule has 0 aromatic heterocycles. The van der Waals surface area contributed by atoms with E-state index in [9.17, 15) is 34.8 Å². The minimum absolute atomic E-state index is 0.0981. The molecular weight excluding hydrogens is 469 g/mol. The van der Waals surface area contributed by atoms with Gasteiger partial charge in [-0.05, 0) is 49.7 Å². The van der Waals surface area contributed by atoms with Gasteiger partial charge in [-0.3, -0.25) is 9.10 Å². The molecule has 0 spiro atoms. The zero-order valence-electron chi connectivity index (χ0n) is 17.7. The predicted molar refractivity (Wildman–Crippen MR) is 114 cm³/mol. The summed E-state index contributed by atoms with van der Waals surface area (Å²) in [5.74, 6) is -0.743. The van der Waals surface area contributed by atoms with Crippen molar-refractivity contribution in [2.24, 2.45) is 0 Å². The second-order valence-electron chi connectivity index (χ2n) is 7.35. The molecule has 0 aliphatic rings. The van der Waals surface area contributed by atoms with Crippen molar-refractivity contribution in [2.75, 3.05) is 16.8 Å². The highest BCUT2D eigenvalue weighted by Gasteiger charge is 2.34. The molecule has 0 saturated heterocycles. The van der Waals surface area contributed by atoms with Gasteiger partial charge < -0.3 is 5.32 Å². The fraction of sp³-hybridized carbons (Fsp3) is 0.350. The summed E-state index contributed by atoms with van der Waals surface area (Å²) in [6.07, 6.45) is -2.83. The summed E-state index contributed by atoms with van der Waals surface area (Å²) in [4.78, 5) is 12.9. The maximum atomic E-state index is 13.1. The van der Waals surface area contributed by atoms with E-state index in [2.05, 4.69) is 5.32 Å². The van der Waals surface area contributed by atoms with Gasteiger partial charge in [-0.1, -0.05) is 18.2 Å². The molecule has 1 N–H and O–H groups in total. The van der Waals surface area contributed by atoms with Crippen molar-refractivity contribution in [3.8, 4) is 0 Å². The first-order valence-electron chi connectivity index (χ1n) is 9.29. The van der Waals surface area contributed by atoms with Crippen LogP contribution in [-0.2, 0) is 30.8 Å². The van der Waals surface area contributed by atoms with E-state index in [1.54, 1.807) is 6.92 Å². The number of halogens is 3. The molecule has 12 heteroatoms. The van der Waals surface area contributed by atoms with Crippen LogP contribution in [0.4, 0.5) is 18.9 Å². The molecule has 0 heterocycles. The fourth-order valence-corrected chi connectivity index (χ4v) is 4.85. The van der Waals surface area contributed by atoms with Gasteiger partial charge in [0.1, 0.15) is 6.04 Å². The van der Waals surface area contributed by atoms with Crippen LogP contribution in [0.2, 0.25) is 0 Å². The molecule has 2 aromatic rings. The quantitative estimate of drug-likeness (QED) is 0.640. The van der Waals surface area contributed by atoms with Crippen LogP contribution >= 0.6 is 0 Å². The molecule has 0 unspecified atom stereocenters. The molecule has 2 atom stereocenters. The van der Waals surface area contributed by atoms with Gasteiger partial charge in [0.25, 0.3) is 0 Å². The van der Waals surface area contributed by atoms with Crippen LogP contribution in [0, 0.1) is 0 Å². The molecular formula is C20H23F3N2O5S2. The molecule has 0 radical (unpaired) electrons. The van der Waals surface area contributed by atoms with Gasteiger partial charge in [-0.25, -0.2) is 16.8 Å². The van der Waals surface area contributed by atoms with Crippen LogP contribution in [0.25, 0.3) is 0 Å². The SMILES string of the molecule is C[C@H](C(=O)N[C@H](C)c1ccc(S(C)(=O)=O)cc1)N(c1cccc(C(F)(F)F)c1)S(C)(=O)=O. The number of carbonyl (C=O) groups excluding carboxylic acids is 1. The third-order valence-electron chi connectivity index (χ3n) is 4.68. The smallest absolute Gasteiger partial charge is 0.348 e. The number of sulfone groups is 1. The summed E-state index contributed by atoms with van der Waals surface area (Å²) in [5.41, 5.74) is -0.784. The topological polar surface area (TPSA) is 101 Å². The second-order valence-corrected chi connectivity index (χ2v) is 11.2. The minimum Gasteiger partial charge on any atom is -0.348 e. The second kappa shape index (κ2) is 9.10. The Kier molecular flexibility index (Phi) is 7.30. The highest BCUT2D eigenvalue weighted by molar-refractivity contribution is 7.92. The van der Waals surface area contributed by atoms with E-state index in [4.69, 9.17) is 0 Å². The maximum Gasteiger partial charge on any atom is 0.416 e. The van der Waals surface area contributed by atoms with Gasteiger partial charge in [-0.15, -0.1) is 0 Å². The Morgan fingerprint density at radius 2 is 1.53 bits per heavy atom. The predicted octanol–water partition coefficient (Wildman–Crippen LogP) is 3.14. The number of carbonyl (C=O) groups is 1. The van der Waals surface area contributed by atoms with Crippen LogP contribution in [0.1, 0.15) is 31.0 Å². The first kappa shape index (κ1) is 25.7. The van der Waals surface area contributed by atoms with E-state index in [1.807, 2.05) is 0 Å². The number of rotatable bonds is 7. The van der Waals surface area contributed by atoms with Crippen LogP contribution < -0.4 is 9.62 Å². The van der Waals surface area contributed by atoms with Crippen molar-refractivity contribution < 1.29 is 34.8 Å². The van der Waals surface area contributed by atoms with E-state index in [-0.39, 0.29) is 10.6 Å². The number of benzene rings is 2. The van der Waals surface area contributed by atoms with Crippen molar-refractivity contribution in [3.05, 3.63) is 59.7 Å². The van der Waals surface area contributed by atoms with Crippen LogP contribution in [0.15, 0.2) is 53.4 Å². The van der Waals surface area contributed by atoms with E-state index in [0.29, 0.717) is 15.9 Å². The number of anilines is 1. The lowest BCUT2D eigenvalue weighted by Crippen LogP contribution is -2.48. The van der Waals surface area contributed by atoms with Crippen LogP contribution in [-0.4, -0.2) is 41.3 Å². The average molecular weight is 493 g/mol. The molecule has 32 heavy (non-hydrogen) atoms. The maximum absolute atomic E-state index is 13.1. The number of hydrogen-bond donors (Lipinski definition) is 1. The lowest BCUT2D eigenvalue weighted by molar-refractivity contribution is -0.137. The van der Waals surface area contributed by atoms with E-state index >= 15 is 0 Å². The summed E-state index contributed by atoms with van der Waals surface area (Å²) in [6.45, 7) is 2.87. The molecule has 0 saturated carbocycles. The molecule has 0 aliphatic carbocycles. The number of nitrogens with zero attached hydrogens (tertiary/aromatic N) is 1. The Balaban J connectivity index is 2.29. The average Bonchev–Trinajstić information content (AvgIpc) is 2.66. The molecule has 1 amide bonds. The number of hydrogen-bond acceptors (Lipinski definition) is 5. The third-order valence-corrected chi connectivity index (χ3v) is 7.05. The Morgan fingerprint density at radius 1 is 0.969 bits per heavy atom. The first-order valence-corrected chi connectivity index (χ1v) is 13.0. The monoisotopic (exact) mass is 492 g/mol. The Bertz CT molecular complexity index is 1190. The Labute approximate surface area is 185 Å². The van der Waals surface area contributed by atoms with Gasteiger partial charge >= 0.3 is 6.18 Å². The normalized spacial score (nSPS) is 14.5. The Hall–Kier alpha value is -2.60. The number of nitrogens with one attached hydrogen (secondary N) is 1. The number of amides is 1. The van der Waals surface area contributed by atoms with Crippen molar-refractivity contribution in [1.29, 1.82) is 0 Å². The Morgan fingerprint density at radius 3 is 2.00 bits per heavy atom. The van der Waals surface area contributed by atoms with E-state index in [1.165, 1.54) is 37.3 Å². The fourth-order valence-electron chi connectivity index (χ4n) is 3.05. The molecule has 0 bridgehead atoms. The molecule has 0 fully saturated rings. The lowest BCUT2D eigenvalue weighted by Gasteiger charge is -2.29. The zero-order chi connectivity index (χ0) is 24.5. The van der Waals surface area contributed by atoms with Crippen molar-refractivity contribution in [2.45, 2.75) is 37.0 Å². The summed E-state index contributed by atoms with van der Waals surface area (Å²) in [5, 5.41) is 2.60. The molecule has 2 aromatic carbocycles. The summed E-state index contributed by atoms with van der Waals surface area (Å²) >= 11 is 0. The van der Waals surface area contributed by atoms with Crippen LogP contribution in [0.5, 0.6) is 0 Å². The molecule has 2 rings (SSSR count). The number of alkyl halides is 3. The molecule has 176 valence electrons.